The Morgan fingerprint density at radius 3 is 2.79 bits per heavy atom. The number of carbonyl (C=O) groups is 1. The van der Waals surface area contributed by atoms with Crippen LogP contribution in [0.2, 0.25) is 0 Å². The Balaban J connectivity index is 2.25. The van der Waals surface area contributed by atoms with Crippen molar-refractivity contribution >= 4 is 15.9 Å². The molecule has 8 heteroatoms. The van der Waals surface area contributed by atoms with Crippen molar-refractivity contribution < 1.29 is 22.3 Å². The normalized spacial score (nSPS) is 19.4. The quantitative estimate of drug-likeness (QED) is 0.817. The van der Waals surface area contributed by atoms with E-state index in [1.807, 2.05) is 0 Å². The Hall–Kier alpha value is -1.51. The molecule has 1 unspecified atom stereocenters. The zero-order valence-corrected chi connectivity index (χ0v) is 10.7. The van der Waals surface area contributed by atoms with Crippen LogP contribution >= 0.6 is 0 Å². The van der Waals surface area contributed by atoms with E-state index in [0.29, 0.717) is 19.6 Å². The summed E-state index contributed by atoms with van der Waals surface area (Å²) in [6.45, 7) is 0.896. The highest BCUT2D eigenvalue weighted by atomic mass is 32.2. The summed E-state index contributed by atoms with van der Waals surface area (Å²) in [6, 6.07) is 2.65. The van der Waals surface area contributed by atoms with Crippen LogP contribution in [0.5, 0.6) is 0 Å². The zero-order chi connectivity index (χ0) is 14.0. The predicted molar refractivity (Wildman–Crippen MR) is 64.5 cm³/mol. The molecule has 3 N–H and O–H groups in total. The molecule has 6 nitrogen and oxygen atoms in total. The third-order valence-corrected chi connectivity index (χ3v) is 3.69. The lowest BCUT2D eigenvalue weighted by atomic mass is 10.1. The summed E-state index contributed by atoms with van der Waals surface area (Å²) in [7, 11) is -3.97. The predicted octanol–water partition coefficient (Wildman–Crippen LogP) is -0.00820. The maximum Gasteiger partial charge on any atom is 0.254 e. The van der Waals surface area contributed by atoms with Crippen molar-refractivity contribution in [2.75, 3.05) is 13.2 Å². The number of carbonyl (C=O) groups excluding carboxylic acids is 1. The summed E-state index contributed by atoms with van der Waals surface area (Å²) in [6.07, 6.45) is 0.641. The van der Waals surface area contributed by atoms with Crippen LogP contribution in [-0.4, -0.2) is 33.6 Å². The number of nitrogens with two attached hydrogens (primary N) is 1. The summed E-state index contributed by atoms with van der Waals surface area (Å²) in [5.74, 6) is -1.48. The molecule has 1 saturated heterocycles. The Morgan fingerprint density at radius 2 is 2.21 bits per heavy atom. The molecule has 1 aliphatic rings. The van der Waals surface area contributed by atoms with E-state index in [-0.39, 0.29) is 16.5 Å². The minimum atomic E-state index is -3.97. The first-order valence-electron chi connectivity index (χ1n) is 5.59. The van der Waals surface area contributed by atoms with E-state index in [1.54, 1.807) is 0 Å². The van der Waals surface area contributed by atoms with Crippen molar-refractivity contribution in [3.05, 3.63) is 29.6 Å². The van der Waals surface area contributed by atoms with Crippen LogP contribution in [-0.2, 0) is 14.8 Å². The van der Waals surface area contributed by atoms with Gasteiger partial charge >= 0.3 is 0 Å². The monoisotopic (exact) mass is 288 g/mol. The summed E-state index contributed by atoms with van der Waals surface area (Å²) < 4.78 is 41.0. The highest BCUT2D eigenvalue weighted by Gasteiger charge is 2.22. The van der Waals surface area contributed by atoms with Crippen LogP contribution < -0.4 is 10.5 Å². The smallest absolute Gasteiger partial charge is 0.254 e. The molecule has 1 atom stereocenters. The lowest BCUT2D eigenvalue weighted by Gasteiger charge is -2.11. The second-order valence-corrected chi connectivity index (χ2v) is 5.78. The first kappa shape index (κ1) is 13.9. The number of halogens is 1. The molecule has 2 rings (SSSR count). The van der Waals surface area contributed by atoms with E-state index in [2.05, 4.69) is 5.32 Å². The molecule has 1 aromatic carbocycles. The average Bonchev–Trinajstić information content (AvgIpc) is 2.80. The fraction of sp³-hybridized carbons (Fsp3) is 0.364. The van der Waals surface area contributed by atoms with E-state index in [4.69, 9.17) is 9.88 Å². The maximum atomic E-state index is 13.6. The minimum Gasteiger partial charge on any atom is -0.379 e. The van der Waals surface area contributed by atoms with Crippen LogP contribution in [0.4, 0.5) is 4.39 Å². The molecule has 0 spiro atoms. The van der Waals surface area contributed by atoms with Crippen molar-refractivity contribution in [3.8, 4) is 0 Å². The zero-order valence-electron chi connectivity index (χ0n) is 9.93. The second kappa shape index (κ2) is 5.24. The van der Waals surface area contributed by atoms with Gasteiger partial charge in [-0.3, -0.25) is 4.79 Å². The molecule has 104 valence electrons. The number of hydrogen-bond acceptors (Lipinski definition) is 4. The van der Waals surface area contributed by atoms with Crippen LogP contribution in [0.15, 0.2) is 23.1 Å². The molecule has 19 heavy (non-hydrogen) atoms. The molecule has 1 heterocycles. The van der Waals surface area contributed by atoms with Gasteiger partial charge in [-0.15, -0.1) is 0 Å². The third kappa shape index (κ3) is 3.28. The van der Waals surface area contributed by atoms with E-state index >= 15 is 0 Å². The summed E-state index contributed by atoms with van der Waals surface area (Å²) in [4.78, 5) is 11.6. The Morgan fingerprint density at radius 1 is 1.47 bits per heavy atom. The van der Waals surface area contributed by atoms with Crippen LogP contribution in [0.1, 0.15) is 16.8 Å². The van der Waals surface area contributed by atoms with Gasteiger partial charge in [0, 0.05) is 6.61 Å². The van der Waals surface area contributed by atoms with Crippen molar-refractivity contribution in [2.45, 2.75) is 17.4 Å². The van der Waals surface area contributed by atoms with Gasteiger partial charge in [-0.2, -0.15) is 0 Å². The van der Waals surface area contributed by atoms with E-state index in [1.165, 1.54) is 0 Å². The molecule has 1 fully saturated rings. The highest BCUT2D eigenvalue weighted by Crippen LogP contribution is 2.15. The third-order valence-electron chi connectivity index (χ3n) is 2.78. The molecule has 0 radical (unpaired) electrons. The number of sulfonamides is 1. The molecule has 1 aliphatic heterocycles. The van der Waals surface area contributed by atoms with Crippen molar-refractivity contribution in [1.29, 1.82) is 0 Å². The highest BCUT2D eigenvalue weighted by molar-refractivity contribution is 7.89. The van der Waals surface area contributed by atoms with Gasteiger partial charge in [-0.25, -0.2) is 17.9 Å². The second-order valence-electron chi connectivity index (χ2n) is 4.22. The Bertz CT molecular complexity index is 597. The van der Waals surface area contributed by atoms with Crippen molar-refractivity contribution in [1.82, 2.24) is 5.32 Å². The van der Waals surface area contributed by atoms with Gasteiger partial charge in [-0.1, -0.05) is 0 Å². The fourth-order valence-electron chi connectivity index (χ4n) is 1.77. The van der Waals surface area contributed by atoms with Gasteiger partial charge in [0.15, 0.2) is 0 Å². The molecular weight excluding hydrogens is 275 g/mol. The number of amides is 1. The van der Waals surface area contributed by atoms with E-state index in [9.17, 15) is 17.6 Å². The lowest BCUT2D eigenvalue weighted by molar-refractivity contribution is 0.0925. The minimum absolute atomic E-state index is 0.190. The van der Waals surface area contributed by atoms with Gasteiger partial charge in [0.05, 0.1) is 23.1 Å². The van der Waals surface area contributed by atoms with Crippen LogP contribution in [0.25, 0.3) is 0 Å². The van der Waals surface area contributed by atoms with Gasteiger partial charge in [-0.05, 0) is 24.6 Å². The summed E-state index contributed by atoms with van der Waals surface area (Å²) >= 11 is 0. The molecular formula is C11H13FN2O4S. The van der Waals surface area contributed by atoms with Crippen molar-refractivity contribution in [3.63, 3.8) is 0 Å². The number of primary sulfonamides is 1. The first-order valence-corrected chi connectivity index (χ1v) is 7.13. The molecule has 0 aliphatic carbocycles. The molecule has 1 amide bonds. The first-order chi connectivity index (χ1) is 8.88. The lowest BCUT2D eigenvalue weighted by Crippen LogP contribution is -2.35. The van der Waals surface area contributed by atoms with E-state index < -0.39 is 21.7 Å². The van der Waals surface area contributed by atoms with E-state index in [0.717, 1.165) is 18.2 Å². The molecule has 1 aromatic rings. The van der Waals surface area contributed by atoms with Gasteiger partial charge < -0.3 is 10.1 Å². The van der Waals surface area contributed by atoms with Crippen LogP contribution in [0, 0.1) is 5.82 Å². The number of benzene rings is 1. The SMILES string of the molecule is NS(=O)(=O)c1ccc(F)c(C(=O)NC2CCOC2)c1. The van der Waals surface area contributed by atoms with Crippen molar-refractivity contribution in [2.24, 2.45) is 5.14 Å². The molecule has 0 bridgehead atoms. The standard InChI is InChI=1S/C11H13FN2O4S/c12-10-2-1-8(19(13,16)17)5-9(10)11(15)14-7-3-4-18-6-7/h1-2,5,7H,3-4,6H2,(H,14,15)(H2,13,16,17). The number of nitrogens with one attached hydrogen (secondary N) is 1. The Kier molecular flexibility index (Phi) is 3.83. The average molecular weight is 288 g/mol. The van der Waals surface area contributed by atoms with Gasteiger partial charge in [0.1, 0.15) is 5.82 Å². The molecule has 0 saturated carbocycles. The largest absolute Gasteiger partial charge is 0.379 e. The number of ether oxygens (including phenoxy) is 1. The summed E-state index contributed by atoms with van der Waals surface area (Å²) in [5, 5.41) is 7.51. The van der Waals surface area contributed by atoms with Crippen LogP contribution in [0.3, 0.4) is 0 Å². The number of hydrogen-bond donors (Lipinski definition) is 2. The van der Waals surface area contributed by atoms with Gasteiger partial charge in [0.25, 0.3) is 5.91 Å². The molecule has 0 aromatic heterocycles. The topological polar surface area (TPSA) is 98.5 Å². The number of rotatable bonds is 3. The fourth-order valence-corrected chi connectivity index (χ4v) is 2.31. The maximum absolute atomic E-state index is 13.6. The van der Waals surface area contributed by atoms with Gasteiger partial charge in [0.2, 0.25) is 10.0 Å². The Labute approximate surface area is 109 Å². The summed E-state index contributed by atoms with van der Waals surface area (Å²) in [5.41, 5.74) is -0.349.